The zero-order valence-corrected chi connectivity index (χ0v) is 18.1. The number of nitrogens with zero attached hydrogens (tertiary/aromatic N) is 4. The lowest BCUT2D eigenvalue weighted by molar-refractivity contribution is -0.132. The predicted molar refractivity (Wildman–Crippen MR) is 123 cm³/mol. The highest BCUT2D eigenvalue weighted by atomic mass is 16.3. The summed E-state index contributed by atoms with van der Waals surface area (Å²) in [6.45, 7) is 3.92. The van der Waals surface area contributed by atoms with Gasteiger partial charge in [-0.05, 0) is 37.3 Å². The number of amides is 1. The zero-order chi connectivity index (χ0) is 22.1. The van der Waals surface area contributed by atoms with Gasteiger partial charge in [-0.15, -0.1) is 0 Å². The van der Waals surface area contributed by atoms with Crippen molar-refractivity contribution in [2.45, 2.75) is 32.7 Å². The van der Waals surface area contributed by atoms with Crippen molar-refractivity contribution in [2.24, 2.45) is 5.10 Å². The fraction of sp³-hybridized carbons (Fsp3) is 0.192. The Morgan fingerprint density at radius 1 is 1.09 bits per heavy atom. The van der Waals surface area contributed by atoms with Crippen molar-refractivity contribution in [3.05, 3.63) is 96.1 Å². The predicted octanol–water partition coefficient (Wildman–Crippen LogP) is 5.53. The summed E-state index contributed by atoms with van der Waals surface area (Å²) in [7, 11) is 0. The number of hydrogen-bond acceptors (Lipinski definition) is 4. The van der Waals surface area contributed by atoms with Crippen molar-refractivity contribution in [1.29, 1.82) is 0 Å². The molecule has 1 amide bonds. The van der Waals surface area contributed by atoms with Crippen LogP contribution in [0.25, 0.3) is 16.9 Å². The summed E-state index contributed by atoms with van der Waals surface area (Å²) in [6.07, 6.45) is 4.59. The van der Waals surface area contributed by atoms with E-state index in [1.54, 1.807) is 11.3 Å². The molecule has 2 aromatic heterocycles. The largest absolute Gasteiger partial charge is 0.463 e. The summed E-state index contributed by atoms with van der Waals surface area (Å²) < 4.78 is 7.46. The number of carbonyl (C=O) groups is 1. The van der Waals surface area contributed by atoms with Crippen molar-refractivity contribution in [1.82, 2.24) is 14.8 Å². The maximum absolute atomic E-state index is 12.9. The third kappa shape index (κ3) is 3.64. The Labute approximate surface area is 186 Å². The molecule has 0 saturated heterocycles. The van der Waals surface area contributed by atoms with Gasteiger partial charge in [-0.2, -0.15) is 10.2 Å². The van der Waals surface area contributed by atoms with E-state index in [-0.39, 0.29) is 11.9 Å². The van der Waals surface area contributed by atoms with Crippen molar-refractivity contribution in [3.8, 4) is 16.9 Å². The average Bonchev–Trinajstić information content (AvgIpc) is 3.58. The van der Waals surface area contributed by atoms with Crippen LogP contribution in [0.3, 0.4) is 0 Å². The monoisotopic (exact) mass is 424 g/mol. The first-order valence-corrected chi connectivity index (χ1v) is 10.8. The fourth-order valence-electron chi connectivity index (χ4n) is 4.10. The molecule has 0 aliphatic carbocycles. The first kappa shape index (κ1) is 20.0. The molecule has 1 aliphatic heterocycles. The molecule has 1 aliphatic rings. The Kier molecular flexibility index (Phi) is 5.19. The summed E-state index contributed by atoms with van der Waals surface area (Å²) in [6, 6.07) is 21.7. The van der Waals surface area contributed by atoms with E-state index < -0.39 is 0 Å². The molecule has 160 valence electrons. The lowest BCUT2D eigenvalue weighted by Gasteiger charge is -2.21. The van der Waals surface area contributed by atoms with Gasteiger partial charge in [-0.25, -0.2) is 9.69 Å². The van der Waals surface area contributed by atoms with Crippen LogP contribution in [0.1, 0.15) is 42.7 Å². The van der Waals surface area contributed by atoms with Gasteiger partial charge in [-0.1, -0.05) is 48.9 Å². The number of rotatable bonds is 5. The molecule has 1 atom stereocenters. The number of carbonyl (C=O) groups excluding carboxylic acids is 1. The molecule has 32 heavy (non-hydrogen) atoms. The molecule has 0 bridgehead atoms. The number of hydrogen-bond donors (Lipinski definition) is 0. The summed E-state index contributed by atoms with van der Waals surface area (Å²) in [5, 5.41) is 11.2. The van der Waals surface area contributed by atoms with Crippen molar-refractivity contribution in [2.75, 3.05) is 0 Å². The molecule has 0 radical (unpaired) electrons. The van der Waals surface area contributed by atoms with Crippen LogP contribution in [0.2, 0.25) is 0 Å². The van der Waals surface area contributed by atoms with E-state index in [9.17, 15) is 4.79 Å². The number of hydrazone groups is 1. The molecule has 0 N–H and O–H groups in total. The molecular weight excluding hydrogens is 400 g/mol. The number of benzene rings is 2. The third-order valence-electron chi connectivity index (χ3n) is 5.69. The molecular formula is C26H24N4O2. The van der Waals surface area contributed by atoms with E-state index >= 15 is 0 Å². The number of aromatic nitrogens is 2. The van der Waals surface area contributed by atoms with E-state index in [0.29, 0.717) is 18.6 Å². The second kappa shape index (κ2) is 8.30. The fourth-order valence-corrected chi connectivity index (χ4v) is 4.10. The zero-order valence-electron chi connectivity index (χ0n) is 18.1. The Morgan fingerprint density at radius 3 is 2.66 bits per heavy atom. The second-order valence-corrected chi connectivity index (χ2v) is 7.92. The molecule has 0 saturated carbocycles. The number of aryl methyl sites for hydroxylation is 1. The van der Waals surface area contributed by atoms with Crippen LogP contribution < -0.4 is 0 Å². The molecule has 6 nitrogen and oxygen atoms in total. The number of para-hydroxylation sites is 1. The minimum absolute atomic E-state index is 0.0285. The first-order chi connectivity index (χ1) is 15.6. The van der Waals surface area contributed by atoms with Gasteiger partial charge in [-0.3, -0.25) is 4.79 Å². The van der Waals surface area contributed by atoms with Crippen LogP contribution >= 0.6 is 0 Å². The highest BCUT2D eigenvalue weighted by Gasteiger charge is 2.36. The second-order valence-electron chi connectivity index (χ2n) is 7.92. The van der Waals surface area contributed by atoms with Gasteiger partial charge in [0.05, 0.1) is 23.7 Å². The van der Waals surface area contributed by atoms with E-state index in [1.807, 2.05) is 66.3 Å². The topological polar surface area (TPSA) is 63.6 Å². The summed E-state index contributed by atoms with van der Waals surface area (Å²) in [5.41, 5.74) is 5.72. The van der Waals surface area contributed by atoms with Gasteiger partial charge in [0.25, 0.3) is 0 Å². The summed E-state index contributed by atoms with van der Waals surface area (Å²) >= 11 is 0. The van der Waals surface area contributed by atoms with Gasteiger partial charge in [0.2, 0.25) is 5.91 Å². The minimum Gasteiger partial charge on any atom is -0.463 e. The minimum atomic E-state index is -0.254. The van der Waals surface area contributed by atoms with Crippen molar-refractivity contribution in [3.63, 3.8) is 0 Å². The van der Waals surface area contributed by atoms with Crippen LogP contribution in [0.4, 0.5) is 0 Å². The lowest BCUT2D eigenvalue weighted by Crippen LogP contribution is -2.26. The molecule has 0 fully saturated rings. The lowest BCUT2D eigenvalue weighted by atomic mass is 9.97. The van der Waals surface area contributed by atoms with Gasteiger partial charge in [0.15, 0.2) is 0 Å². The maximum atomic E-state index is 12.9. The van der Waals surface area contributed by atoms with Gasteiger partial charge in [0.1, 0.15) is 11.5 Å². The molecule has 5 rings (SSSR count). The van der Waals surface area contributed by atoms with E-state index in [2.05, 4.69) is 30.2 Å². The van der Waals surface area contributed by atoms with Crippen molar-refractivity contribution < 1.29 is 9.21 Å². The molecule has 4 aromatic rings. The van der Waals surface area contributed by atoms with E-state index in [0.717, 1.165) is 33.8 Å². The Bertz CT molecular complexity index is 1270. The molecule has 3 heterocycles. The van der Waals surface area contributed by atoms with Gasteiger partial charge >= 0.3 is 0 Å². The molecule has 0 unspecified atom stereocenters. The highest BCUT2D eigenvalue weighted by molar-refractivity contribution is 6.01. The molecule has 6 heteroatoms. The van der Waals surface area contributed by atoms with E-state index in [4.69, 9.17) is 9.52 Å². The Hall–Kier alpha value is -3.93. The van der Waals surface area contributed by atoms with E-state index in [1.165, 1.54) is 0 Å². The highest BCUT2D eigenvalue weighted by Crippen LogP contribution is 2.38. The van der Waals surface area contributed by atoms with Crippen LogP contribution in [-0.2, 0) is 4.79 Å². The SMILES string of the molecule is CCC(=O)N1N=C(c2ccco2)C[C@@H]1c1cn(-c2ccccc2)nc1-c1cccc(C)c1. The van der Waals surface area contributed by atoms with Crippen LogP contribution in [0.15, 0.2) is 88.7 Å². The molecule has 0 spiro atoms. The average molecular weight is 425 g/mol. The van der Waals surface area contributed by atoms with Crippen LogP contribution in [0.5, 0.6) is 0 Å². The smallest absolute Gasteiger partial charge is 0.242 e. The van der Waals surface area contributed by atoms with Crippen LogP contribution in [-0.4, -0.2) is 26.4 Å². The Balaban J connectivity index is 1.64. The Morgan fingerprint density at radius 2 is 1.94 bits per heavy atom. The van der Waals surface area contributed by atoms with Crippen molar-refractivity contribution >= 4 is 11.6 Å². The van der Waals surface area contributed by atoms with Gasteiger partial charge in [0, 0.05) is 30.2 Å². The standard InChI is InChI=1S/C26H24N4O2/c1-3-25(31)30-23(16-22(27-30)24-13-8-14-32-24)21-17-29(20-11-5-4-6-12-20)28-26(21)19-10-7-9-18(2)15-19/h4-15,17,23H,3,16H2,1-2H3/t23-/m1/s1. The van der Waals surface area contributed by atoms with Gasteiger partial charge < -0.3 is 4.42 Å². The number of furan rings is 1. The summed E-state index contributed by atoms with van der Waals surface area (Å²) in [5.74, 6) is 0.660. The maximum Gasteiger partial charge on any atom is 0.242 e. The molecule has 2 aromatic carbocycles. The third-order valence-corrected chi connectivity index (χ3v) is 5.69. The normalized spacial score (nSPS) is 15.8. The van der Waals surface area contributed by atoms with Crippen LogP contribution in [0, 0.1) is 6.92 Å². The summed E-state index contributed by atoms with van der Waals surface area (Å²) in [4.78, 5) is 12.9. The quantitative estimate of drug-likeness (QED) is 0.423. The first-order valence-electron chi connectivity index (χ1n) is 10.8.